The van der Waals surface area contributed by atoms with Gasteiger partial charge in [0.2, 0.25) is 5.71 Å². The highest BCUT2D eigenvalue weighted by Gasteiger charge is 2.32. The summed E-state index contributed by atoms with van der Waals surface area (Å²) in [5.74, 6) is -1.90. The minimum absolute atomic E-state index is 0.0397. The Hall–Kier alpha value is -4.54. The van der Waals surface area contributed by atoms with E-state index in [4.69, 9.17) is 9.15 Å². The molecule has 43 heavy (non-hydrogen) atoms. The Morgan fingerprint density at radius 2 is 1.67 bits per heavy atom. The molecule has 4 aromatic rings. The van der Waals surface area contributed by atoms with Crippen molar-refractivity contribution in [3.8, 4) is 22.5 Å². The van der Waals surface area contributed by atoms with E-state index in [-0.39, 0.29) is 58.1 Å². The number of nitrogens with zero attached hydrogens (tertiary/aromatic N) is 1. The van der Waals surface area contributed by atoms with Gasteiger partial charge in [-0.05, 0) is 75.2 Å². The average Bonchev–Trinajstić information content (AvgIpc) is 3.33. The van der Waals surface area contributed by atoms with Crippen molar-refractivity contribution >= 4 is 28.8 Å². The Morgan fingerprint density at radius 3 is 2.30 bits per heavy atom. The van der Waals surface area contributed by atoms with E-state index in [1.165, 1.54) is 56.3 Å². The molecule has 2 heterocycles. The lowest BCUT2D eigenvalue weighted by Gasteiger charge is -2.24. The molecule has 7 nitrogen and oxygen atoms in total. The van der Waals surface area contributed by atoms with Crippen LogP contribution >= 0.6 is 0 Å². The minimum atomic E-state index is -4.47. The van der Waals surface area contributed by atoms with Crippen molar-refractivity contribution in [3.63, 3.8) is 0 Å². The Balaban J connectivity index is 1.87. The number of rotatable bonds is 10. The van der Waals surface area contributed by atoms with Gasteiger partial charge in [-0.15, -0.1) is 0 Å². The molecule has 0 bridgehead atoms. The molecule has 0 saturated heterocycles. The lowest BCUT2D eigenvalue weighted by atomic mass is 9.95. The Bertz CT molecular complexity index is 1670. The third-order valence-electron chi connectivity index (χ3n) is 6.76. The zero-order valence-electron chi connectivity index (χ0n) is 24.0. The van der Waals surface area contributed by atoms with Crippen LogP contribution in [0.4, 0.5) is 17.6 Å². The Morgan fingerprint density at radius 1 is 0.977 bits per heavy atom. The third kappa shape index (κ3) is 7.10. The maximum atomic E-state index is 13.6. The maximum Gasteiger partial charge on any atom is 0.389 e. The van der Waals surface area contributed by atoms with Gasteiger partial charge in [0.15, 0.2) is 5.78 Å². The second kappa shape index (κ2) is 12.4. The second-order valence-electron chi connectivity index (χ2n) is 10.4. The molecule has 2 aromatic heterocycles. The van der Waals surface area contributed by atoms with Crippen molar-refractivity contribution in [1.82, 2.24) is 10.3 Å². The molecule has 1 N–H and O–H groups in total. The number of fused-ring (bicyclic) bond motifs is 1. The van der Waals surface area contributed by atoms with E-state index in [9.17, 15) is 31.9 Å². The van der Waals surface area contributed by atoms with Gasteiger partial charge in [0.25, 0.3) is 5.91 Å². The van der Waals surface area contributed by atoms with Gasteiger partial charge in [0.05, 0.1) is 23.3 Å². The van der Waals surface area contributed by atoms with Crippen LogP contribution in [0.3, 0.4) is 0 Å². The van der Waals surface area contributed by atoms with Gasteiger partial charge >= 0.3 is 12.1 Å². The summed E-state index contributed by atoms with van der Waals surface area (Å²) >= 11 is 0. The van der Waals surface area contributed by atoms with E-state index in [1.54, 1.807) is 26.0 Å². The van der Waals surface area contributed by atoms with Gasteiger partial charge in [0, 0.05) is 29.5 Å². The number of ketones is 1. The quantitative estimate of drug-likeness (QED) is 0.116. The molecule has 0 unspecified atom stereocenters. The van der Waals surface area contributed by atoms with Gasteiger partial charge in [-0.3, -0.25) is 9.59 Å². The number of furan rings is 1. The van der Waals surface area contributed by atoms with Crippen molar-refractivity contribution in [1.29, 1.82) is 0 Å². The van der Waals surface area contributed by atoms with Crippen LogP contribution in [0.5, 0.6) is 0 Å². The fraction of sp³-hybridized carbons (Fsp3) is 0.312. The van der Waals surface area contributed by atoms with Gasteiger partial charge in [-0.1, -0.05) is 19.1 Å². The third-order valence-corrected chi connectivity index (χ3v) is 6.76. The number of hydrogen-bond acceptors (Lipinski definition) is 6. The molecule has 0 saturated carbocycles. The SMILES string of the molecule is CCOC(=O)C(C)(C)NC(=O)c1cccc(-c2cc3c(C(=O)CC)c(-c4ccc(F)cc4)oc3nc2CCC(F)(F)F)c1. The number of hydrogen-bond donors (Lipinski definition) is 1. The number of pyridine rings is 1. The highest BCUT2D eigenvalue weighted by atomic mass is 19.4. The van der Waals surface area contributed by atoms with Crippen LogP contribution in [0.2, 0.25) is 0 Å². The largest absolute Gasteiger partial charge is 0.464 e. The monoisotopic (exact) mass is 598 g/mol. The van der Waals surface area contributed by atoms with Crippen LogP contribution in [0.15, 0.2) is 59.0 Å². The van der Waals surface area contributed by atoms with E-state index in [2.05, 4.69) is 10.3 Å². The zero-order chi connectivity index (χ0) is 31.5. The van der Waals surface area contributed by atoms with Crippen molar-refractivity contribution < 1.29 is 41.1 Å². The number of nitrogens with one attached hydrogen (secondary N) is 1. The number of esters is 1. The molecule has 0 fully saturated rings. The molecule has 4 rings (SSSR count). The summed E-state index contributed by atoms with van der Waals surface area (Å²) in [7, 11) is 0. The summed E-state index contributed by atoms with van der Waals surface area (Å²) < 4.78 is 64.4. The number of amides is 1. The van der Waals surface area contributed by atoms with Crippen LogP contribution in [-0.2, 0) is 16.0 Å². The van der Waals surface area contributed by atoms with Crippen molar-refractivity contribution in [2.45, 2.75) is 58.7 Å². The molecule has 0 aliphatic rings. The van der Waals surface area contributed by atoms with E-state index >= 15 is 0 Å². The van der Waals surface area contributed by atoms with Crippen LogP contribution in [-0.4, -0.2) is 41.0 Å². The lowest BCUT2D eigenvalue weighted by Crippen LogP contribution is -2.50. The number of aryl methyl sites for hydroxylation is 1. The average molecular weight is 599 g/mol. The molecular formula is C32H30F4N2O5. The molecule has 226 valence electrons. The predicted octanol–water partition coefficient (Wildman–Crippen LogP) is 7.46. The molecule has 2 aromatic carbocycles. The van der Waals surface area contributed by atoms with Crippen LogP contribution in [0.1, 0.15) is 66.9 Å². The molecule has 0 radical (unpaired) electrons. The number of ether oxygens (including phenoxy) is 1. The fourth-order valence-electron chi connectivity index (χ4n) is 4.56. The fourth-order valence-corrected chi connectivity index (χ4v) is 4.56. The van der Waals surface area contributed by atoms with Crippen LogP contribution in [0, 0.1) is 5.82 Å². The number of alkyl halides is 3. The molecule has 0 spiro atoms. The van der Waals surface area contributed by atoms with Crippen molar-refractivity contribution in [2.24, 2.45) is 0 Å². The summed E-state index contributed by atoms with van der Waals surface area (Å²) in [5, 5.41) is 2.89. The summed E-state index contributed by atoms with van der Waals surface area (Å²) in [6.07, 6.45) is -6.04. The first kappa shape index (κ1) is 31.4. The molecule has 0 aliphatic carbocycles. The summed E-state index contributed by atoms with van der Waals surface area (Å²) in [6.45, 7) is 6.40. The number of halogens is 4. The molecule has 0 aliphatic heterocycles. The van der Waals surface area contributed by atoms with E-state index < -0.39 is 42.3 Å². The van der Waals surface area contributed by atoms with E-state index in [1.807, 2.05) is 0 Å². The standard InChI is InChI=1S/C32H30F4N2O5/c1-5-25(39)26-23-17-22(19-8-7-9-20(16-19)28(40)38-31(3,4)30(41)42-6-2)24(14-15-32(34,35)36)37-29(23)43-27(26)18-10-12-21(33)13-11-18/h7-13,16-17H,5-6,14-15H2,1-4H3,(H,38,40). The van der Waals surface area contributed by atoms with Gasteiger partial charge in [-0.25, -0.2) is 14.2 Å². The van der Waals surface area contributed by atoms with Gasteiger partial charge < -0.3 is 14.5 Å². The van der Waals surface area contributed by atoms with E-state index in [0.717, 1.165) is 0 Å². The first-order valence-electron chi connectivity index (χ1n) is 13.7. The maximum absolute atomic E-state index is 13.6. The zero-order valence-corrected chi connectivity index (χ0v) is 24.0. The topological polar surface area (TPSA) is 98.5 Å². The first-order valence-corrected chi connectivity index (χ1v) is 13.7. The molecule has 1 amide bonds. The Labute approximate surface area is 245 Å². The van der Waals surface area contributed by atoms with Gasteiger partial charge in [-0.2, -0.15) is 13.2 Å². The number of Topliss-reactive ketones (excluding diaryl/α,β-unsaturated/α-hetero) is 1. The van der Waals surface area contributed by atoms with Crippen molar-refractivity contribution in [3.05, 3.63) is 77.2 Å². The highest BCUT2D eigenvalue weighted by molar-refractivity contribution is 6.12. The van der Waals surface area contributed by atoms with Gasteiger partial charge in [0.1, 0.15) is 17.1 Å². The highest BCUT2D eigenvalue weighted by Crippen LogP contribution is 2.38. The Kier molecular flexibility index (Phi) is 9.03. The normalized spacial score (nSPS) is 11.9. The lowest BCUT2D eigenvalue weighted by molar-refractivity contribution is -0.149. The minimum Gasteiger partial charge on any atom is -0.464 e. The number of benzene rings is 2. The van der Waals surface area contributed by atoms with Crippen LogP contribution < -0.4 is 5.32 Å². The number of aromatic nitrogens is 1. The smallest absolute Gasteiger partial charge is 0.389 e. The molecule has 11 heteroatoms. The van der Waals surface area contributed by atoms with Crippen molar-refractivity contribution in [2.75, 3.05) is 6.61 Å². The summed E-state index contributed by atoms with van der Waals surface area (Å²) in [6, 6.07) is 12.9. The van der Waals surface area contributed by atoms with Crippen LogP contribution in [0.25, 0.3) is 33.6 Å². The molecule has 0 atom stereocenters. The number of carbonyl (C=O) groups excluding carboxylic acids is 3. The predicted molar refractivity (Wildman–Crippen MR) is 152 cm³/mol. The first-order chi connectivity index (χ1) is 20.2. The summed E-state index contributed by atoms with van der Waals surface area (Å²) in [5.41, 5.74) is 0.0137. The second-order valence-corrected chi connectivity index (χ2v) is 10.4. The van der Waals surface area contributed by atoms with E-state index in [0.29, 0.717) is 11.1 Å². The summed E-state index contributed by atoms with van der Waals surface area (Å²) in [4.78, 5) is 42.9. The molecular weight excluding hydrogens is 568 g/mol. The number of carbonyl (C=O) groups is 3.